The standard InChI is InChI=1S/C53H33N3/c1-3-15-34(16-4-1)35-27-29-38(30-28-35)52-54-51(37-18-5-2-6-19-37)55-53(56-52)50-44-25-13-11-23-42(44)49(43-24-12-14-26-45(43)50)48-41-22-10-8-20-39(41)33-47-40-21-9-7-17-36(40)31-32-46(47)48/h1-33H. The summed E-state index contributed by atoms with van der Waals surface area (Å²) >= 11 is 0. The predicted octanol–water partition coefficient (Wildman–Crippen LogP) is 14.0. The number of nitrogens with zero attached hydrogens (tertiary/aromatic N) is 3. The van der Waals surface area contributed by atoms with E-state index < -0.39 is 0 Å². The first-order valence-corrected chi connectivity index (χ1v) is 19.0. The number of rotatable bonds is 5. The van der Waals surface area contributed by atoms with Crippen LogP contribution in [0.15, 0.2) is 200 Å². The van der Waals surface area contributed by atoms with E-state index in [0.29, 0.717) is 17.5 Å². The molecule has 11 aromatic rings. The Morgan fingerprint density at radius 3 is 1.23 bits per heavy atom. The molecule has 0 unspecified atom stereocenters. The van der Waals surface area contributed by atoms with E-state index in [2.05, 4.69) is 176 Å². The number of benzene rings is 10. The predicted molar refractivity (Wildman–Crippen MR) is 235 cm³/mol. The molecule has 3 nitrogen and oxygen atoms in total. The quantitative estimate of drug-likeness (QED) is 0.132. The van der Waals surface area contributed by atoms with Gasteiger partial charge in [-0.15, -0.1) is 0 Å². The van der Waals surface area contributed by atoms with Crippen LogP contribution in [0.4, 0.5) is 0 Å². The van der Waals surface area contributed by atoms with E-state index in [-0.39, 0.29) is 0 Å². The molecule has 0 fully saturated rings. The lowest BCUT2D eigenvalue weighted by Gasteiger charge is -2.20. The van der Waals surface area contributed by atoms with E-state index in [1.807, 2.05) is 24.3 Å². The average Bonchev–Trinajstić information content (AvgIpc) is 3.28. The van der Waals surface area contributed by atoms with Crippen LogP contribution in [0, 0.1) is 0 Å². The highest BCUT2D eigenvalue weighted by molar-refractivity contribution is 6.29. The van der Waals surface area contributed by atoms with Gasteiger partial charge in [-0.25, -0.2) is 15.0 Å². The van der Waals surface area contributed by atoms with Crippen molar-refractivity contribution in [2.75, 3.05) is 0 Å². The Kier molecular flexibility index (Phi) is 7.49. The van der Waals surface area contributed by atoms with Gasteiger partial charge < -0.3 is 0 Å². The van der Waals surface area contributed by atoms with Gasteiger partial charge in [0, 0.05) is 16.7 Å². The van der Waals surface area contributed by atoms with Crippen LogP contribution in [0.25, 0.3) is 110 Å². The van der Waals surface area contributed by atoms with Crippen molar-refractivity contribution in [1.29, 1.82) is 0 Å². The molecule has 0 bridgehead atoms. The average molecular weight is 712 g/mol. The number of aromatic nitrogens is 3. The van der Waals surface area contributed by atoms with Crippen molar-refractivity contribution in [2.24, 2.45) is 0 Å². The van der Waals surface area contributed by atoms with Crippen molar-refractivity contribution in [3.8, 4) is 56.4 Å². The summed E-state index contributed by atoms with van der Waals surface area (Å²) in [4.78, 5) is 15.7. The Morgan fingerprint density at radius 2 is 0.607 bits per heavy atom. The molecule has 56 heavy (non-hydrogen) atoms. The smallest absolute Gasteiger partial charge is 0.165 e. The van der Waals surface area contributed by atoms with Gasteiger partial charge in [0.1, 0.15) is 0 Å². The third-order valence-electron chi connectivity index (χ3n) is 11.1. The molecule has 0 atom stereocenters. The first kappa shape index (κ1) is 32.0. The van der Waals surface area contributed by atoms with Gasteiger partial charge in [0.2, 0.25) is 0 Å². The Bertz CT molecular complexity index is 3220. The lowest BCUT2D eigenvalue weighted by molar-refractivity contribution is 1.08. The molecular weight excluding hydrogens is 679 g/mol. The fourth-order valence-corrected chi connectivity index (χ4v) is 8.50. The molecule has 1 aromatic heterocycles. The summed E-state index contributed by atoms with van der Waals surface area (Å²) in [5.41, 5.74) is 7.65. The molecule has 0 N–H and O–H groups in total. The highest BCUT2D eigenvalue weighted by Crippen LogP contribution is 2.48. The first-order valence-electron chi connectivity index (χ1n) is 19.0. The summed E-state index contributed by atoms with van der Waals surface area (Å²) < 4.78 is 0. The van der Waals surface area contributed by atoms with Crippen LogP contribution in [0.5, 0.6) is 0 Å². The molecule has 0 aliphatic rings. The molecule has 1 heterocycles. The van der Waals surface area contributed by atoms with Crippen molar-refractivity contribution in [3.05, 3.63) is 200 Å². The summed E-state index contributed by atoms with van der Waals surface area (Å²) in [7, 11) is 0. The molecule has 260 valence electrons. The molecule has 0 spiro atoms. The lowest BCUT2D eigenvalue weighted by atomic mass is 9.83. The molecule has 0 saturated carbocycles. The summed E-state index contributed by atoms with van der Waals surface area (Å²) in [6.45, 7) is 0. The molecule has 0 aliphatic carbocycles. The van der Waals surface area contributed by atoms with Gasteiger partial charge in [-0.05, 0) is 82.2 Å². The van der Waals surface area contributed by atoms with Crippen molar-refractivity contribution in [1.82, 2.24) is 15.0 Å². The molecule has 0 saturated heterocycles. The lowest BCUT2D eigenvalue weighted by Crippen LogP contribution is -2.02. The number of hydrogen-bond donors (Lipinski definition) is 0. The number of hydrogen-bond acceptors (Lipinski definition) is 3. The van der Waals surface area contributed by atoms with Crippen molar-refractivity contribution < 1.29 is 0 Å². The molecule has 11 rings (SSSR count). The zero-order valence-electron chi connectivity index (χ0n) is 30.4. The van der Waals surface area contributed by atoms with Gasteiger partial charge in [-0.2, -0.15) is 0 Å². The maximum Gasteiger partial charge on any atom is 0.165 e. The summed E-state index contributed by atoms with van der Waals surface area (Å²) in [6.07, 6.45) is 0. The highest BCUT2D eigenvalue weighted by Gasteiger charge is 2.23. The van der Waals surface area contributed by atoms with E-state index >= 15 is 0 Å². The van der Waals surface area contributed by atoms with Gasteiger partial charge in [0.15, 0.2) is 17.5 Å². The Hall–Kier alpha value is -7.49. The van der Waals surface area contributed by atoms with Gasteiger partial charge in [0.05, 0.1) is 0 Å². The van der Waals surface area contributed by atoms with E-state index in [1.54, 1.807) is 0 Å². The fourth-order valence-electron chi connectivity index (χ4n) is 8.50. The van der Waals surface area contributed by atoms with E-state index in [1.165, 1.54) is 49.0 Å². The zero-order valence-corrected chi connectivity index (χ0v) is 30.4. The monoisotopic (exact) mass is 711 g/mol. The van der Waals surface area contributed by atoms with Gasteiger partial charge in [-0.3, -0.25) is 0 Å². The number of fused-ring (bicyclic) bond motifs is 6. The zero-order chi connectivity index (χ0) is 37.0. The topological polar surface area (TPSA) is 38.7 Å². The normalized spacial score (nSPS) is 11.6. The van der Waals surface area contributed by atoms with Crippen LogP contribution in [0.3, 0.4) is 0 Å². The molecule has 0 aliphatic heterocycles. The maximum absolute atomic E-state index is 5.32. The molecular formula is C53H33N3. The van der Waals surface area contributed by atoms with E-state index in [0.717, 1.165) is 43.8 Å². The third-order valence-corrected chi connectivity index (χ3v) is 11.1. The van der Waals surface area contributed by atoms with Crippen LogP contribution >= 0.6 is 0 Å². The van der Waals surface area contributed by atoms with E-state index in [4.69, 9.17) is 15.0 Å². The van der Waals surface area contributed by atoms with Crippen molar-refractivity contribution >= 4 is 53.9 Å². The SMILES string of the molecule is c1ccc(-c2ccc(-c3nc(-c4ccccc4)nc(-c4c5ccccc5c(-c5c6ccccc6cc6c5ccc5ccccc56)c5ccccc45)n3)cc2)cc1. The minimum absolute atomic E-state index is 0.637. The van der Waals surface area contributed by atoms with Crippen LogP contribution in [-0.2, 0) is 0 Å². The Labute approximate surface area is 324 Å². The summed E-state index contributed by atoms with van der Waals surface area (Å²) in [5, 5.41) is 11.9. The third kappa shape index (κ3) is 5.25. The molecule has 0 radical (unpaired) electrons. The van der Waals surface area contributed by atoms with Gasteiger partial charge in [0.25, 0.3) is 0 Å². The largest absolute Gasteiger partial charge is 0.208 e. The Balaban J connectivity index is 1.21. The van der Waals surface area contributed by atoms with Gasteiger partial charge in [-0.1, -0.05) is 194 Å². The minimum Gasteiger partial charge on any atom is -0.208 e. The summed E-state index contributed by atoms with van der Waals surface area (Å²) in [6, 6.07) is 71.1. The summed E-state index contributed by atoms with van der Waals surface area (Å²) in [5.74, 6) is 1.92. The molecule has 0 amide bonds. The Morgan fingerprint density at radius 1 is 0.214 bits per heavy atom. The van der Waals surface area contributed by atoms with Crippen LogP contribution in [0.1, 0.15) is 0 Å². The van der Waals surface area contributed by atoms with Crippen LogP contribution in [-0.4, -0.2) is 15.0 Å². The van der Waals surface area contributed by atoms with Gasteiger partial charge >= 0.3 is 0 Å². The molecule has 3 heteroatoms. The van der Waals surface area contributed by atoms with Crippen LogP contribution in [0.2, 0.25) is 0 Å². The van der Waals surface area contributed by atoms with Crippen LogP contribution < -0.4 is 0 Å². The second-order valence-corrected chi connectivity index (χ2v) is 14.3. The second-order valence-electron chi connectivity index (χ2n) is 14.3. The second kappa shape index (κ2) is 13.1. The highest BCUT2D eigenvalue weighted by atomic mass is 15.0. The first-order chi connectivity index (χ1) is 27.8. The van der Waals surface area contributed by atoms with Crippen molar-refractivity contribution in [2.45, 2.75) is 0 Å². The maximum atomic E-state index is 5.32. The fraction of sp³-hybridized carbons (Fsp3) is 0. The van der Waals surface area contributed by atoms with Crippen molar-refractivity contribution in [3.63, 3.8) is 0 Å². The van der Waals surface area contributed by atoms with E-state index in [9.17, 15) is 0 Å². The minimum atomic E-state index is 0.637. The molecule has 10 aromatic carbocycles.